The normalized spacial score (nSPS) is 11.5. The van der Waals surface area contributed by atoms with Crippen LogP contribution in [0.25, 0.3) is 0 Å². The van der Waals surface area contributed by atoms with E-state index in [1.165, 1.54) is 0 Å². The molecular formula is C5H7N3O4S. The fourth-order valence-electron chi connectivity index (χ4n) is 0.667. The van der Waals surface area contributed by atoms with Crippen LogP contribution < -0.4 is 0 Å². The van der Waals surface area contributed by atoms with Crippen molar-refractivity contribution in [2.75, 3.05) is 6.26 Å². The van der Waals surface area contributed by atoms with Crippen molar-refractivity contribution in [3.63, 3.8) is 0 Å². The number of carboxylic acid groups (broad SMARTS) is 1. The molecule has 0 spiro atoms. The SMILES string of the molecule is CS(=O)(=O)Cn1ncc(C(=O)O)n1. The van der Waals surface area contributed by atoms with Crippen LogP contribution in [0.2, 0.25) is 0 Å². The Labute approximate surface area is 73.9 Å². The van der Waals surface area contributed by atoms with E-state index in [1.807, 2.05) is 0 Å². The van der Waals surface area contributed by atoms with Gasteiger partial charge >= 0.3 is 5.97 Å². The molecule has 0 aliphatic carbocycles. The molecule has 0 saturated carbocycles. The van der Waals surface area contributed by atoms with Crippen LogP contribution in [-0.4, -0.2) is 40.7 Å². The maximum Gasteiger partial charge on any atom is 0.358 e. The molecule has 1 N–H and O–H groups in total. The van der Waals surface area contributed by atoms with Gasteiger partial charge in [0.05, 0.1) is 6.20 Å². The standard InChI is InChI=1S/C5H7N3O4S/c1-13(11,12)3-8-6-2-4(7-8)5(9)10/h2H,3H2,1H3,(H,9,10). The summed E-state index contributed by atoms with van der Waals surface area (Å²) in [5, 5.41) is 15.3. The third kappa shape index (κ3) is 2.82. The van der Waals surface area contributed by atoms with Gasteiger partial charge in [-0.2, -0.15) is 9.90 Å². The monoisotopic (exact) mass is 205 g/mol. The third-order valence-electron chi connectivity index (χ3n) is 1.11. The second-order valence-corrected chi connectivity index (χ2v) is 4.57. The predicted octanol–water partition coefficient (Wildman–Crippen LogP) is -1.02. The average Bonchev–Trinajstić information content (AvgIpc) is 2.31. The van der Waals surface area contributed by atoms with Gasteiger partial charge in [0.15, 0.2) is 21.4 Å². The lowest BCUT2D eigenvalue weighted by Gasteiger charge is -1.94. The fraction of sp³-hybridized carbons (Fsp3) is 0.400. The number of hydrogen-bond acceptors (Lipinski definition) is 5. The minimum Gasteiger partial charge on any atom is -0.476 e. The number of nitrogens with zero attached hydrogens (tertiary/aromatic N) is 3. The lowest BCUT2D eigenvalue weighted by atomic mass is 10.5. The molecule has 8 heteroatoms. The number of sulfone groups is 1. The maximum absolute atomic E-state index is 10.7. The molecule has 1 aromatic rings. The highest BCUT2D eigenvalue weighted by Gasteiger charge is 2.10. The number of carboxylic acids is 1. The van der Waals surface area contributed by atoms with Crippen LogP contribution in [0.5, 0.6) is 0 Å². The van der Waals surface area contributed by atoms with Crippen molar-refractivity contribution >= 4 is 15.8 Å². The number of aromatic carboxylic acids is 1. The molecule has 0 fully saturated rings. The number of rotatable bonds is 3. The summed E-state index contributed by atoms with van der Waals surface area (Å²) in [5.41, 5.74) is -0.274. The first-order valence-corrected chi connectivity index (χ1v) is 5.26. The highest BCUT2D eigenvalue weighted by molar-refractivity contribution is 7.89. The first-order valence-electron chi connectivity index (χ1n) is 3.19. The molecule has 1 rings (SSSR count). The molecule has 0 saturated heterocycles. The second kappa shape index (κ2) is 3.13. The van der Waals surface area contributed by atoms with Crippen molar-refractivity contribution in [2.24, 2.45) is 0 Å². The van der Waals surface area contributed by atoms with Gasteiger partial charge in [-0.15, -0.1) is 5.10 Å². The minimum absolute atomic E-state index is 0.274. The second-order valence-electron chi connectivity index (χ2n) is 2.46. The Kier molecular flexibility index (Phi) is 2.32. The third-order valence-corrected chi connectivity index (χ3v) is 1.81. The Bertz CT molecular complexity index is 421. The fourth-order valence-corrected chi connectivity index (χ4v) is 1.21. The largest absolute Gasteiger partial charge is 0.476 e. The van der Waals surface area contributed by atoms with Crippen LogP contribution in [0.15, 0.2) is 6.20 Å². The van der Waals surface area contributed by atoms with E-state index in [9.17, 15) is 13.2 Å². The Morgan fingerprint density at radius 2 is 2.31 bits per heavy atom. The molecule has 72 valence electrons. The summed E-state index contributed by atoms with van der Waals surface area (Å²) < 4.78 is 21.5. The van der Waals surface area contributed by atoms with Crippen LogP contribution in [0.3, 0.4) is 0 Å². The molecule has 0 aliphatic rings. The van der Waals surface area contributed by atoms with Gasteiger partial charge in [-0.1, -0.05) is 0 Å². The van der Waals surface area contributed by atoms with Gasteiger partial charge in [0.2, 0.25) is 0 Å². The van der Waals surface area contributed by atoms with Crippen molar-refractivity contribution < 1.29 is 18.3 Å². The van der Waals surface area contributed by atoms with E-state index in [4.69, 9.17) is 5.11 Å². The Morgan fingerprint density at radius 1 is 1.69 bits per heavy atom. The zero-order valence-corrected chi connectivity index (χ0v) is 7.52. The number of hydrogen-bond donors (Lipinski definition) is 1. The number of carbonyl (C=O) groups is 1. The summed E-state index contributed by atoms with van der Waals surface area (Å²) in [5.74, 6) is -1.65. The first kappa shape index (κ1) is 9.65. The van der Waals surface area contributed by atoms with Gasteiger partial charge in [-0.3, -0.25) is 0 Å². The molecule has 1 aromatic heterocycles. The zero-order valence-electron chi connectivity index (χ0n) is 6.71. The van der Waals surface area contributed by atoms with Crippen LogP contribution in [0.4, 0.5) is 0 Å². The van der Waals surface area contributed by atoms with Gasteiger partial charge in [0, 0.05) is 6.26 Å². The molecule has 7 nitrogen and oxygen atoms in total. The van der Waals surface area contributed by atoms with Crippen LogP contribution >= 0.6 is 0 Å². The van der Waals surface area contributed by atoms with E-state index in [-0.39, 0.29) is 5.69 Å². The van der Waals surface area contributed by atoms with E-state index in [0.717, 1.165) is 17.2 Å². The van der Waals surface area contributed by atoms with E-state index >= 15 is 0 Å². The van der Waals surface area contributed by atoms with Gasteiger partial charge in [0.1, 0.15) is 0 Å². The van der Waals surface area contributed by atoms with Gasteiger partial charge in [-0.25, -0.2) is 13.2 Å². The maximum atomic E-state index is 10.7. The topological polar surface area (TPSA) is 102 Å². The van der Waals surface area contributed by atoms with E-state index in [2.05, 4.69) is 10.2 Å². The zero-order chi connectivity index (χ0) is 10.1. The molecule has 0 radical (unpaired) electrons. The van der Waals surface area contributed by atoms with E-state index < -0.39 is 21.7 Å². The van der Waals surface area contributed by atoms with Crippen molar-refractivity contribution in [1.82, 2.24) is 15.0 Å². The smallest absolute Gasteiger partial charge is 0.358 e. The summed E-state index contributed by atoms with van der Waals surface area (Å²) in [4.78, 5) is 11.1. The quantitative estimate of drug-likeness (QED) is 0.677. The van der Waals surface area contributed by atoms with Crippen LogP contribution in [0, 0.1) is 0 Å². The molecule has 0 bridgehead atoms. The van der Waals surface area contributed by atoms with Crippen molar-refractivity contribution in [2.45, 2.75) is 5.88 Å². The van der Waals surface area contributed by atoms with Crippen molar-refractivity contribution in [1.29, 1.82) is 0 Å². The first-order chi connectivity index (χ1) is 5.88. The molecule has 13 heavy (non-hydrogen) atoms. The average molecular weight is 205 g/mol. The van der Waals surface area contributed by atoms with Crippen molar-refractivity contribution in [3.8, 4) is 0 Å². The van der Waals surface area contributed by atoms with Crippen LogP contribution in [-0.2, 0) is 15.7 Å². The summed E-state index contributed by atoms with van der Waals surface area (Å²) in [7, 11) is -3.24. The highest BCUT2D eigenvalue weighted by atomic mass is 32.2. The van der Waals surface area contributed by atoms with E-state index in [0.29, 0.717) is 0 Å². The molecule has 0 aliphatic heterocycles. The molecule has 0 unspecified atom stereocenters. The van der Waals surface area contributed by atoms with Gasteiger partial charge < -0.3 is 5.11 Å². The summed E-state index contributed by atoms with van der Waals surface area (Å²) >= 11 is 0. The van der Waals surface area contributed by atoms with Crippen molar-refractivity contribution in [3.05, 3.63) is 11.9 Å². The van der Waals surface area contributed by atoms with E-state index in [1.54, 1.807) is 0 Å². The summed E-state index contributed by atoms with van der Waals surface area (Å²) in [6.07, 6.45) is 2.00. The Balaban J connectivity index is 2.87. The minimum atomic E-state index is -3.24. The Morgan fingerprint density at radius 3 is 2.69 bits per heavy atom. The molecule has 1 heterocycles. The lowest BCUT2D eigenvalue weighted by molar-refractivity contribution is 0.0689. The lowest BCUT2D eigenvalue weighted by Crippen LogP contribution is -2.12. The summed E-state index contributed by atoms with van der Waals surface area (Å²) in [6, 6.07) is 0. The number of aromatic nitrogens is 3. The van der Waals surface area contributed by atoms with Crippen LogP contribution in [0.1, 0.15) is 10.5 Å². The Hall–Kier alpha value is -1.44. The molecule has 0 amide bonds. The molecule has 0 aromatic carbocycles. The molecular weight excluding hydrogens is 198 g/mol. The van der Waals surface area contributed by atoms with Gasteiger partial charge in [-0.05, 0) is 0 Å². The predicted molar refractivity (Wildman–Crippen MR) is 41.8 cm³/mol. The van der Waals surface area contributed by atoms with Gasteiger partial charge in [0.25, 0.3) is 0 Å². The molecule has 0 atom stereocenters. The highest BCUT2D eigenvalue weighted by Crippen LogP contribution is 1.93. The summed E-state index contributed by atoms with van der Waals surface area (Å²) in [6.45, 7) is 0.